The minimum absolute atomic E-state index is 0.257. The van der Waals surface area contributed by atoms with Crippen LogP contribution in [0.15, 0.2) is 0 Å². The molecule has 2 atom stereocenters. The molecular formula is C15H28O6. The van der Waals surface area contributed by atoms with E-state index < -0.39 is 11.9 Å². The van der Waals surface area contributed by atoms with Crippen molar-refractivity contribution >= 4 is 11.9 Å². The van der Waals surface area contributed by atoms with Crippen LogP contribution in [0.2, 0.25) is 0 Å². The van der Waals surface area contributed by atoms with Gasteiger partial charge in [-0.1, -0.05) is 0 Å². The molecule has 0 spiro atoms. The molecule has 0 aromatic carbocycles. The normalized spacial score (nSPS) is 13.5. The highest BCUT2D eigenvalue weighted by Crippen LogP contribution is 2.03. The minimum atomic E-state index is -0.582. The van der Waals surface area contributed by atoms with Crippen LogP contribution >= 0.6 is 0 Å². The fourth-order valence-electron chi connectivity index (χ4n) is 1.68. The van der Waals surface area contributed by atoms with Gasteiger partial charge in [-0.25, -0.2) is 0 Å². The van der Waals surface area contributed by atoms with E-state index in [4.69, 9.17) is 19.7 Å². The second kappa shape index (κ2) is 12.6. The molecule has 0 fully saturated rings. The second-order valence-corrected chi connectivity index (χ2v) is 5.31. The summed E-state index contributed by atoms with van der Waals surface area (Å²) in [5.74, 6) is -1.16. The van der Waals surface area contributed by atoms with Crippen molar-refractivity contribution in [3.8, 4) is 0 Å². The van der Waals surface area contributed by atoms with E-state index in [0.717, 1.165) is 12.8 Å². The van der Waals surface area contributed by atoms with E-state index in [1.165, 1.54) is 0 Å². The molecule has 2 N–H and O–H groups in total. The summed E-state index contributed by atoms with van der Waals surface area (Å²) in [6, 6.07) is 0. The number of esters is 2. The molecule has 0 aromatic heterocycles. The Hall–Kier alpha value is -1.14. The average molecular weight is 304 g/mol. The quantitative estimate of drug-likeness (QED) is 0.323. The molecule has 6 heteroatoms. The first kappa shape index (κ1) is 19.9. The Labute approximate surface area is 126 Å². The zero-order chi connectivity index (χ0) is 16.1. The fourth-order valence-corrected chi connectivity index (χ4v) is 1.68. The highest BCUT2D eigenvalue weighted by atomic mass is 16.6. The number of unbranched alkanes of at least 4 members (excludes halogenated alkanes) is 2. The van der Waals surface area contributed by atoms with E-state index in [0.29, 0.717) is 25.7 Å². The third-order valence-corrected chi connectivity index (χ3v) is 2.85. The summed E-state index contributed by atoms with van der Waals surface area (Å²) in [6.45, 7) is 3.94. The maximum absolute atomic E-state index is 11.3. The molecule has 0 aliphatic rings. The number of carbonyl (C=O) groups is 2. The van der Waals surface area contributed by atoms with Crippen LogP contribution in [0.4, 0.5) is 0 Å². The zero-order valence-corrected chi connectivity index (χ0v) is 13.0. The molecule has 0 aromatic rings. The second-order valence-electron chi connectivity index (χ2n) is 5.31. The van der Waals surface area contributed by atoms with Gasteiger partial charge in [0.05, 0.1) is 25.4 Å². The lowest BCUT2D eigenvalue weighted by atomic mass is 10.2. The van der Waals surface area contributed by atoms with Gasteiger partial charge in [0.15, 0.2) is 0 Å². The maximum atomic E-state index is 11.3. The van der Waals surface area contributed by atoms with E-state index in [9.17, 15) is 9.59 Å². The summed E-state index contributed by atoms with van der Waals surface area (Å²) < 4.78 is 9.80. The van der Waals surface area contributed by atoms with E-state index >= 15 is 0 Å². The first-order valence-electron chi connectivity index (χ1n) is 7.59. The SMILES string of the molecule is CC(O)CCCCOC(=O)CC(=O)OCCCCC(C)O. The molecule has 21 heavy (non-hydrogen) atoms. The highest BCUT2D eigenvalue weighted by Gasteiger charge is 2.11. The van der Waals surface area contributed by atoms with Crippen LogP contribution in [-0.2, 0) is 19.1 Å². The van der Waals surface area contributed by atoms with E-state index in [1.807, 2.05) is 0 Å². The summed E-state index contributed by atoms with van der Waals surface area (Å²) in [4.78, 5) is 22.6. The summed E-state index contributed by atoms with van der Waals surface area (Å²) in [7, 11) is 0. The Balaban J connectivity index is 3.46. The van der Waals surface area contributed by atoms with Crippen molar-refractivity contribution in [2.75, 3.05) is 13.2 Å². The number of rotatable bonds is 12. The first-order chi connectivity index (χ1) is 9.91. The van der Waals surface area contributed by atoms with Crippen molar-refractivity contribution < 1.29 is 29.3 Å². The number of carbonyl (C=O) groups excluding carboxylic acids is 2. The summed E-state index contributed by atoms with van der Waals surface area (Å²) in [6.07, 6.45) is 3.19. The van der Waals surface area contributed by atoms with Gasteiger partial charge in [0.1, 0.15) is 6.42 Å². The maximum Gasteiger partial charge on any atom is 0.317 e. The molecule has 124 valence electrons. The standard InChI is InChI=1S/C15H28O6/c1-12(16)7-3-5-9-20-14(18)11-15(19)21-10-6-4-8-13(2)17/h12-13,16-17H,3-11H2,1-2H3. The van der Waals surface area contributed by atoms with Gasteiger partial charge in [-0.3, -0.25) is 9.59 Å². The van der Waals surface area contributed by atoms with Gasteiger partial charge in [0.2, 0.25) is 0 Å². The summed E-state index contributed by atoms with van der Waals surface area (Å²) in [5, 5.41) is 18.1. The van der Waals surface area contributed by atoms with E-state index in [2.05, 4.69) is 0 Å². The Morgan fingerprint density at radius 2 is 1.19 bits per heavy atom. The number of aliphatic hydroxyl groups excluding tert-OH is 2. The predicted octanol–water partition coefficient (Wildman–Crippen LogP) is 1.57. The van der Waals surface area contributed by atoms with Crippen LogP contribution < -0.4 is 0 Å². The van der Waals surface area contributed by atoms with Gasteiger partial charge in [-0.2, -0.15) is 0 Å². The molecule has 0 aliphatic carbocycles. The summed E-state index contributed by atoms with van der Waals surface area (Å²) >= 11 is 0. The van der Waals surface area contributed by atoms with Gasteiger partial charge in [-0.15, -0.1) is 0 Å². The molecule has 2 unspecified atom stereocenters. The van der Waals surface area contributed by atoms with Gasteiger partial charge in [-0.05, 0) is 52.4 Å². The monoisotopic (exact) mass is 304 g/mol. The molecular weight excluding hydrogens is 276 g/mol. The van der Waals surface area contributed by atoms with Crippen LogP contribution in [-0.4, -0.2) is 47.6 Å². The lowest BCUT2D eigenvalue weighted by molar-refractivity contribution is -0.154. The topological polar surface area (TPSA) is 93.1 Å². The van der Waals surface area contributed by atoms with Crippen molar-refractivity contribution in [2.45, 2.75) is 71.0 Å². The lowest BCUT2D eigenvalue weighted by Gasteiger charge is -2.07. The highest BCUT2D eigenvalue weighted by molar-refractivity contribution is 5.91. The van der Waals surface area contributed by atoms with Gasteiger partial charge < -0.3 is 19.7 Å². The first-order valence-corrected chi connectivity index (χ1v) is 7.59. The van der Waals surface area contributed by atoms with Crippen LogP contribution in [0.5, 0.6) is 0 Å². The smallest absolute Gasteiger partial charge is 0.317 e. The number of ether oxygens (including phenoxy) is 2. The van der Waals surface area contributed by atoms with Gasteiger partial charge in [0.25, 0.3) is 0 Å². The predicted molar refractivity (Wildman–Crippen MR) is 77.6 cm³/mol. The number of hydrogen-bond donors (Lipinski definition) is 2. The lowest BCUT2D eigenvalue weighted by Crippen LogP contribution is -2.15. The molecule has 0 bridgehead atoms. The van der Waals surface area contributed by atoms with Crippen molar-refractivity contribution in [3.63, 3.8) is 0 Å². The number of aliphatic hydroxyl groups is 2. The Morgan fingerprint density at radius 3 is 1.52 bits per heavy atom. The fraction of sp³-hybridized carbons (Fsp3) is 0.867. The zero-order valence-electron chi connectivity index (χ0n) is 13.0. The van der Waals surface area contributed by atoms with Crippen LogP contribution in [0.1, 0.15) is 58.8 Å². The van der Waals surface area contributed by atoms with Crippen LogP contribution in [0.3, 0.4) is 0 Å². The Kier molecular flexibility index (Phi) is 11.9. The molecule has 0 radical (unpaired) electrons. The van der Waals surface area contributed by atoms with Gasteiger partial charge in [0, 0.05) is 0 Å². The van der Waals surface area contributed by atoms with Crippen molar-refractivity contribution in [3.05, 3.63) is 0 Å². The average Bonchev–Trinajstić information content (AvgIpc) is 2.37. The number of hydrogen-bond acceptors (Lipinski definition) is 6. The molecule has 0 saturated carbocycles. The minimum Gasteiger partial charge on any atom is -0.465 e. The van der Waals surface area contributed by atoms with Gasteiger partial charge >= 0.3 is 11.9 Å². The third kappa shape index (κ3) is 15.1. The third-order valence-electron chi connectivity index (χ3n) is 2.85. The van der Waals surface area contributed by atoms with Crippen molar-refractivity contribution in [2.24, 2.45) is 0 Å². The molecule has 6 nitrogen and oxygen atoms in total. The molecule has 0 heterocycles. The molecule has 0 amide bonds. The molecule has 0 saturated heterocycles. The Bertz CT molecular complexity index is 260. The van der Waals surface area contributed by atoms with Crippen molar-refractivity contribution in [1.82, 2.24) is 0 Å². The Morgan fingerprint density at radius 1 is 0.810 bits per heavy atom. The van der Waals surface area contributed by atoms with Crippen LogP contribution in [0.25, 0.3) is 0 Å². The largest absolute Gasteiger partial charge is 0.465 e. The van der Waals surface area contributed by atoms with E-state index in [1.54, 1.807) is 13.8 Å². The molecule has 0 aliphatic heterocycles. The van der Waals surface area contributed by atoms with E-state index in [-0.39, 0.29) is 31.8 Å². The molecule has 0 rings (SSSR count). The summed E-state index contributed by atoms with van der Waals surface area (Å²) in [5.41, 5.74) is 0. The van der Waals surface area contributed by atoms with Crippen molar-refractivity contribution in [1.29, 1.82) is 0 Å². The van der Waals surface area contributed by atoms with Crippen LogP contribution in [0, 0.1) is 0 Å².